The molecule has 0 saturated carbocycles. The molecule has 0 aliphatic carbocycles. The number of hydrogen-bond acceptors (Lipinski definition) is 5. The summed E-state index contributed by atoms with van der Waals surface area (Å²) in [4.78, 5) is 23.2. The van der Waals surface area contributed by atoms with E-state index in [1.165, 1.54) is 0 Å². The van der Waals surface area contributed by atoms with Crippen LogP contribution in [0.5, 0.6) is 0 Å². The third kappa shape index (κ3) is 3.09. The van der Waals surface area contributed by atoms with Gasteiger partial charge in [0.1, 0.15) is 17.4 Å². The molecule has 2 N–H and O–H groups in total. The molecule has 1 aliphatic heterocycles. The third-order valence-electron chi connectivity index (χ3n) is 3.88. The molecule has 1 aliphatic rings. The maximum absolute atomic E-state index is 11.6. The number of rotatable bonds is 3. The smallest absolute Gasteiger partial charge is 0.290 e. The summed E-state index contributed by atoms with van der Waals surface area (Å²) in [6, 6.07) is 16.5. The van der Waals surface area contributed by atoms with Gasteiger partial charge in [-0.2, -0.15) is 0 Å². The minimum atomic E-state index is -0.843. The van der Waals surface area contributed by atoms with Gasteiger partial charge >= 0.3 is 0 Å². The van der Waals surface area contributed by atoms with Crippen LogP contribution in [0.3, 0.4) is 0 Å². The molecule has 4 rings (SSSR count). The van der Waals surface area contributed by atoms with Crippen molar-refractivity contribution in [1.29, 1.82) is 0 Å². The van der Waals surface area contributed by atoms with Crippen LogP contribution < -0.4 is 5.32 Å². The van der Waals surface area contributed by atoms with Crippen molar-refractivity contribution in [3.63, 3.8) is 0 Å². The number of imide groups is 1. The number of furan rings is 1. The second-order valence-electron chi connectivity index (χ2n) is 5.61. The van der Waals surface area contributed by atoms with Crippen molar-refractivity contribution in [3.8, 4) is 0 Å². The monoisotopic (exact) mass is 351 g/mol. The second kappa shape index (κ2) is 6.23. The molecule has 3 aromatic rings. The molecule has 6 heteroatoms. The fourth-order valence-corrected chi connectivity index (χ4v) is 3.36. The number of thioether (sulfide) groups is 1. The standard InChI is InChI=1S/C19H13NO4S/c21-17(12-4-2-1-3-5-12)15-10-13-8-11(6-7-14(13)24-15)9-16-18(22)20-19(23)25-16/h1-10,17,21H,(H,20,22,23). The van der Waals surface area contributed by atoms with E-state index >= 15 is 0 Å². The highest BCUT2D eigenvalue weighted by Crippen LogP contribution is 2.30. The molecular formula is C19H13NO4S. The van der Waals surface area contributed by atoms with Gasteiger partial charge in [0.25, 0.3) is 11.1 Å². The highest BCUT2D eigenvalue weighted by atomic mass is 32.2. The van der Waals surface area contributed by atoms with Gasteiger partial charge < -0.3 is 9.52 Å². The van der Waals surface area contributed by atoms with Gasteiger partial charge in [0.2, 0.25) is 0 Å². The van der Waals surface area contributed by atoms with Gasteiger partial charge in [-0.25, -0.2) is 0 Å². The Morgan fingerprint density at radius 3 is 2.60 bits per heavy atom. The Morgan fingerprint density at radius 1 is 1.08 bits per heavy atom. The molecule has 25 heavy (non-hydrogen) atoms. The Morgan fingerprint density at radius 2 is 1.88 bits per heavy atom. The van der Waals surface area contributed by atoms with E-state index in [1.807, 2.05) is 36.4 Å². The number of carbonyl (C=O) groups is 2. The number of amides is 2. The number of carbonyl (C=O) groups excluding carboxylic acids is 2. The lowest BCUT2D eigenvalue weighted by molar-refractivity contribution is -0.115. The summed E-state index contributed by atoms with van der Waals surface area (Å²) in [6.07, 6.45) is 0.814. The van der Waals surface area contributed by atoms with Crippen molar-refractivity contribution in [3.05, 3.63) is 76.4 Å². The number of aliphatic hydroxyl groups excluding tert-OH is 1. The molecule has 124 valence electrons. The first kappa shape index (κ1) is 15.7. The van der Waals surface area contributed by atoms with E-state index in [9.17, 15) is 14.7 Å². The maximum Gasteiger partial charge on any atom is 0.290 e. The van der Waals surface area contributed by atoms with Crippen LogP contribution in [0, 0.1) is 0 Å². The lowest BCUT2D eigenvalue weighted by Gasteiger charge is -2.06. The number of nitrogens with one attached hydrogen (secondary N) is 1. The van der Waals surface area contributed by atoms with Crippen LogP contribution in [-0.4, -0.2) is 16.3 Å². The van der Waals surface area contributed by atoms with Gasteiger partial charge in [-0.05, 0) is 47.2 Å². The van der Waals surface area contributed by atoms with E-state index in [-0.39, 0.29) is 11.1 Å². The van der Waals surface area contributed by atoms with Crippen molar-refractivity contribution in [2.75, 3.05) is 0 Å². The number of hydrogen-bond donors (Lipinski definition) is 2. The lowest BCUT2D eigenvalue weighted by Crippen LogP contribution is -2.17. The van der Waals surface area contributed by atoms with Crippen LogP contribution in [-0.2, 0) is 4.79 Å². The Bertz CT molecular complexity index is 1010. The Hall–Kier alpha value is -2.83. The average Bonchev–Trinajstić information content (AvgIpc) is 3.17. The van der Waals surface area contributed by atoms with Crippen LogP contribution in [0.4, 0.5) is 4.79 Å². The van der Waals surface area contributed by atoms with Gasteiger partial charge in [0, 0.05) is 5.39 Å². The topological polar surface area (TPSA) is 79.5 Å². The minimum Gasteiger partial charge on any atom is -0.458 e. The Kier molecular flexibility index (Phi) is 3.91. The third-order valence-corrected chi connectivity index (χ3v) is 4.69. The number of fused-ring (bicyclic) bond motifs is 1. The first-order valence-corrected chi connectivity index (χ1v) is 8.43. The molecule has 1 atom stereocenters. The zero-order valence-electron chi connectivity index (χ0n) is 12.9. The zero-order chi connectivity index (χ0) is 17.4. The lowest BCUT2D eigenvalue weighted by atomic mass is 10.1. The van der Waals surface area contributed by atoms with E-state index in [0.29, 0.717) is 16.2 Å². The summed E-state index contributed by atoms with van der Waals surface area (Å²) < 4.78 is 5.74. The molecule has 1 fully saturated rings. The van der Waals surface area contributed by atoms with Crippen molar-refractivity contribution < 1.29 is 19.1 Å². The van der Waals surface area contributed by atoms with Crippen LogP contribution in [0.15, 0.2) is 63.9 Å². The highest BCUT2D eigenvalue weighted by Gasteiger charge is 2.25. The molecule has 2 amide bonds. The van der Waals surface area contributed by atoms with Gasteiger partial charge in [-0.3, -0.25) is 14.9 Å². The summed E-state index contributed by atoms with van der Waals surface area (Å²) in [5, 5.41) is 13.1. The quantitative estimate of drug-likeness (QED) is 0.701. The molecule has 0 radical (unpaired) electrons. The molecule has 0 spiro atoms. The zero-order valence-corrected chi connectivity index (χ0v) is 13.7. The summed E-state index contributed by atoms with van der Waals surface area (Å²) in [7, 11) is 0. The SMILES string of the molecule is O=C1NC(=O)C(=Cc2ccc3oc(C(O)c4ccccc4)cc3c2)S1. The fraction of sp³-hybridized carbons (Fsp3) is 0.0526. The van der Waals surface area contributed by atoms with Gasteiger partial charge in [-0.15, -0.1) is 0 Å². The average molecular weight is 351 g/mol. The Balaban J connectivity index is 1.67. The van der Waals surface area contributed by atoms with Crippen LogP contribution in [0.1, 0.15) is 23.0 Å². The first-order valence-electron chi connectivity index (χ1n) is 7.61. The molecule has 2 heterocycles. The van der Waals surface area contributed by atoms with Crippen LogP contribution in [0.25, 0.3) is 17.0 Å². The highest BCUT2D eigenvalue weighted by molar-refractivity contribution is 8.18. The van der Waals surface area contributed by atoms with Crippen LogP contribution in [0.2, 0.25) is 0 Å². The van der Waals surface area contributed by atoms with E-state index in [2.05, 4.69) is 5.32 Å². The first-order chi connectivity index (χ1) is 12.1. The number of aliphatic hydroxyl groups is 1. The molecule has 1 saturated heterocycles. The van der Waals surface area contributed by atoms with Gasteiger partial charge in [0.05, 0.1) is 4.91 Å². The minimum absolute atomic E-state index is 0.359. The molecule has 5 nitrogen and oxygen atoms in total. The molecule has 0 bridgehead atoms. The predicted octanol–water partition coefficient (Wildman–Crippen LogP) is 3.84. The van der Waals surface area contributed by atoms with Gasteiger partial charge in [-0.1, -0.05) is 36.4 Å². The fourth-order valence-electron chi connectivity index (χ4n) is 2.68. The molecule has 2 aromatic carbocycles. The van der Waals surface area contributed by atoms with Crippen molar-refractivity contribution >= 4 is 40.0 Å². The molecule has 1 unspecified atom stereocenters. The van der Waals surface area contributed by atoms with Crippen molar-refractivity contribution in [2.24, 2.45) is 0 Å². The molecular weight excluding hydrogens is 338 g/mol. The van der Waals surface area contributed by atoms with E-state index in [1.54, 1.807) is 24.3 Å². The Labute approximate surface area is 147 Å². The van der Waals surface area contributed by atoms with E-state index in [0.717, 1.165) is 28.3 Å². The largest absolute Gasteiger partial charge is 0.458 e. The normalized spacial score (nSPS) is 17.2. The second-order valence-corrected chi connectivity index (χ2v) is 6.63. The summed E-state index contributed by atoms with van der Waals surface area (Å²) in [6.45, 7) is 0. The van der Waals surface area contributed by atoms with E-state index < -0.39 is 6.10 Å². The summed E-state index contributed by atoms with van der Waals surface area (Å²) >= 11 is 0.879. The maximum atomic E-state index is 11.6. The van der Waals surface area contributed by atoms with E-state index in [4.69, 9.17) is 4.42 Å². The predicted molar refractivity (Wildman–Crippen MR) is 95.8 cm³/mol. The summed E-state index contributed by atoms with van der Waals surface area (Å²) in [5.41, 5.74) is 2.18. The van der Waals surface area contributed by atoms with Crippen LogP contribution >= 0.6 is 11.8 Å². The van der Waals surface area contributed by atoms with Gasteiger partial charge in [0.15, 0.2) is 0 Å². The number of benzene rings is 2. The summed E-state index contributed by atoms with van der Waals surface area (Å²) in [5.74, 6) is 0.0663. The van der Waals surface area contributed by atoms with Crippen molar-refractivity contribution in [1.82, 2.24) is 5.32 Å². The van der Waals surface area contributed by atoms with Crippen molar-refractivity contribution in [2.45, 2.75) is 6.10 Å². The molecule has 1 aromatic heterocycles.